The van der Waals surface area contributed by atoms with Crippen molar-refractivity contribution >= 4 is 23.6 Å². The maximum absolute atomic E-state index is 13.9. The van der Waals surface area contributed by atoms with Gasteiger partial charge in [0.05, 0.1) is 22.9 Å². The highest BCUT2D eigenvalue weighted by atomic mass is 19.4. The Morgan fingerprint density at radius 3 is 2.30 bits per heavy atom. The lowest BCUT2D eigenvalue weighted by Crippen LogP contribution is -2.44. The Hall–Kier alpha value is -3.22. The Bertz CT molecular complexity index is 1070. The molecule has 0 aliphatic carbocycles. The molecule has 2 heterocycles. The SMILES string of the molecule is O=C1c2c(cc(Nc3ccc(F)cc3F)cc2C(F)(F)F)[C@@H]2CNCCN12.O=CC(F)(F)F. The van der Waals surface area contributed by atoms with Gasteiger partial charge in [-0.25, -0.2) is 8.78 Å². The fraction of sp³-hybridized carbons (Fsp3) is 0.300. The van der Waals surface area contributed by atoms with Crippen LogP contribution in [0.3, 0.4) is 0 Å². The third kappa shape index (κ3) is 5.41. The normalized spacial score (nSPS) is 17.6. The summed E-state index contributed by atoms with van der Waals surface area (Å²) in [6.07, 6.45) is -10.5. The van der Waals surface area contributed by atoms with Crippen molar-refractivity contribution in [1.82, 2.24) is 10.2 Å². The van der Waals surface area contributed by atoms with E-state index in [1.165, 1.54) is 11.0 Å². The molecule has 2 N–H and O–H groups in total. The van der Waals surface area contributed by atoms with Crippen LogP contribution in [-0.2, 0) is 11.0 Å². The molecule has 5 nitrogen and oxygen atoms in total. The zero-order chi connectivity index (χ0) is 24.6. The zero-order valence-corrected chi connectivity index (χ0v) is 16.5. The number of alkyl halides is 6. The molecule has 2 aliphatic heterocycles. The van der Waals surface area contributed by atoms with Crippen molar-refractivity contribution in [2.45, 2.75) is 18.4 Å². The summed E-state index contributed by atoms with van der Waals surface area (Å²) in [7, 11) is 0. The van der Waals surface area contributed by atoms with Gasteiger partial charge in [0.1, 0.15) is 11.6 Å². The number of carbonyl (C=O) groups excluding carboxylic acids is 2. The maximum atomic E-state index is 13.9. The quantitative estimate of drug-likeness (QED) is 0.487. The monoisotopic (exact) mass is 481 g/mol. The summed E-state index contributed by atoms with van der Waals surface area (Å²) in [6.45, 7) is 1.15. The van der Waals surface area contributed by atoms with Gasteiger partial charge >= 0.3 is 12.4 Å². The zero-order valence-electron chi connectivity index (χ0n) is 16.5. The maximum Gasteiger partial charge on any atom is 0.446 e. The number of amides is 1. The number of halogens is 8. The first-order valence-corrected chi connectivity index (χ1v) is 9.34. The number of benzene rings is 2. The molecule has 1 saturated heterocycles. The second-order valence-corrected chi connectivity index (χ2v) is 7.11. The van der Waals surface area contributed by atoms with E-state index in [1.54, 1.807) is 0 Å². The van der Waals surface area contributed by atoms with Gasteiger partial charge in [-0.05, 0) is 29.8 Å². The van der Waals surface area contributed by atoms with Crippen molar-refractivity contribution in [3.05, 3.63) is 58.7 Å². The number of carbonyl (C=O) groups is 2. The summed E-state index contributed by atoms with van der Waals surface area (Å²) >= 11 is 0. The van der Waals surface area contributed by atoms with E-state index in [4.69, 9.17) is 4.79 Å². The smallest absolute Gasteiger partial charge is 0.353 e. The number of anilines is 2. The molecule has 0 bridgehead atoms. The van der Waals surface area contributed by atoms with Crippen LogP contribution in [-0.4, -0.2) is 42.9 Å². The van der Waals surface area contributed by atoms with Crippen molar-refractivity contribution in [1.29, 1.82) is 0 Å². The largest absolute Gasteiger partial charge is 0.446 e. The molecular formula is C20H15F8N3O2. The van der Waals surface area contributed by atoms with Gasteiger partial charge in [0.15, 0.2) is 0 Å². The van der Waals surface area contributed by atoms with Gasteiger partial charge in [0.2, 0.25) is 6.29 Å². The van der Waals surface area contributed by atoms with Crippen molar-refractivity contribution in [2.24, 2.45) is 0 Å². The van der Waals surface area contributed by atoms with Crippen LogP contribution in [0.15, 0.2) is 30.3 Å². The van der Waals surface area contributed by atoms with Crippen LogP contribution in [0.5, 0.6) is 0 Å². The molecular weight excluding hydrogens is 466 g/mol. The van der Waals surface area contributed by atoms with Crippen molar-refractivity contribution in [3.8, 4) is 0 Å². The number of hydrogen-bond acceptors (Lipinski definition) is 4. The molecule has 4 rings (SSSR count). The summed E-state index contributed by atoms with van der Waals surface area (Å²) in [4.78, 5) is 22.7. The van der Waals surface area contributed by atoms with Crippen LogP contribution >= 0.6 is 0 Å². The minimum absolute atomic E-state index is 0.0215. The molecule has 0 radical (unpaired) electrons. The van der Waals surface area contributed by atoms with Gasteiger partial charge in [0, 0.05) is 31.4 Å². The van der Waals surface area contributed by atoms with Gasteiger partial charge < -0.3 is 15.5 Å². The topological polar surface area (TPSA) is 61.4 Å². The fourth-order valence-electron chi connectivity index (χ4n) is 3.58. The van der Waals surface area contributed by atoms with E-state index in [-0.39, 0.29) is 22.5 Å². The van der Waals surface area contributed by atoms with Crippen LogP contribution in [0.2, 0.25) is 0 Å². The van der Waals surface area contributed by atoms with Crippen LogP contribution in [0.4, 0.5) is 46.5 Å². The average molecular weight is 481 g/mol. The van der Waals surface area contributed by atoms with Crippen LogP contribution < -0.4 is 10.6 Å². The molecule has 2 aliphatic rings. The number of fused-ring (bicyclic) bond motifs is 3. The second-order valence-electron chi connectivity index (χ2n) is 7.11. The molecule has 1 atom stereocenters. The predicted octanol–water partition coefficient (Wildman–Crippen LogP) is 4.57. The Labute approximate surface area is 181 Å². The molecule has 0 saturated carbocycles. The number of aldehydes is 1. The Morgan fingerprint density at radius 2 is 1.73 bits per heavy atom. The predicted molar refractivity (Wildman–Crippen MR) is 99.9 cm³/mol. The Balaban J connectivity index is 0.000000454. The van der Waals surface area contributed by atoms with Crippen molar-refractivity contribution < 1.29 is 44.7 Å². The second kappa shape index (κ2) is 8.96. The number of nitrogens with one attached hydrogen (secondary N) is 2. The minimum Gasteiger partial charge on any atom is -0.353 e. The van der Waals surface area contributed by atoms with E-state index in [2.05, 4.69) is 10.6 Å². The first-order chi connectivity index (χ1) is 15.3. The molecule has 13 heteroatoms. The molecule has 178 valence electrons. The van der Waals surface area contributed by atoms with Crippen LogP contribution in [0, 0.1) is 11.6 Å². The van der Waals surface area contributed by atoms with Crippen LogP contribution in [0.25, 0.3) is 0 Å². The standard InChI is InChI=1S/C18H14F5N3O.C2HF3O/c19-9-1-2-14(13(20)5-9)25-10-6-11-15-8-24-3-4-26(15)17(27)16(11)12(7-10)18(21,22)23;3-2(4,5)1-6/h1-2,5-7,15,24-25H,3-4,8H2;1H/t15-;/m0./s1. The molecule has 0 unspecified atom stereocenters. The van der Waals surface area contributed by atoms with E-state index in [0.29, 0.717) is 25.7 Å². The third-order valence-electron chi connectivity index (χ3n) is 4.90. The van der Waals surface area contributed by atoms with E-state index < -0.39 is 47.8 Å². The van der Waals surface area contributed by atoms with Gasteiger partial charge in [-0.1, -0.05) is 0 Å². The molecule has 2 aromatic rings. The lowest BCUT2D eigenvalue weighted by atomic mass is 9.97. The van der Waals surface area contributed by atoms with Crippen molar-refractivity contribution in [2.75, 3.05) is 25.0 Å². The lowest BCUT2D eigenvalue weighted by Gasteiger charge is -2.30. The summed E-state index contributed by atoms with van der Waals surface area (Å²) in [6, 6.07) is 4.43. The van der Waals surface area contributed by atoms with Gasteiger partial charge in [-0.2, -0.15) is 26.3 Å². The Kier molecular flexibility index (Phi) is 6.63. The molecule has 0 aromatic heterocycles. The molecule has 0 spiro atoms. The summed E-state index contributed by atoms with van der Waals surface area (Å²) in [5.41, 5.74) is -1.36. The van der Waals surface area contributed by atoms with E-state index in [9.17, 15) is 39.9 Å². The van der Waals surface area contributed by atoms with Crippen LogP contribution in [0.1, 0.15) is 27.5 Å². The highest BCUT2D eigenvalue weighted by Gasteiger charge is 2.45. The number of nitrogens with zero attached hydrogens (tertiary/aromatic N) is 1. The molecule has 1 fully saturated rings. The Morgan fingerprint density at radius 1 is 1.06 bits per heavy atom. The number of rotatable bonds is 2. The third-order valence-corrected chi connectivity index (χ3v) is 4.90. The first kappa shape index (κ1) is 24.4. The first-order valence-electron chi connectivity index (χ1n) is 9.34. The average Bonchev–Trinajstić information content (AvgIpc) is 3.01. The fourth-order valence-corrected chi connectivity index (χ4v) is 3.58. The van der Waals surface area contributed by atoms with E-state index in [1.807, 2.05) is 0 Å². The summed E-state index contributed by atoms with van der Waals surface area (Å²) in [5.74, 6) is -2.37. The van der Waals surface area contributed by atoms with E-state index >= 15 is 0 Å². The van der Waals surface area contributed by atoms with E-state index in [0.717, 1.165) is 18.2 Å². The highest BCUT2D eigenvalue weighted by Crippen LogP contribution is 2.44. The number of hydrogen-bond donors (Lipinski definition) is 2. The van der Waals surface area contributed by atoms with Gasteiger partial charge in [-0.3, -0.25) is 9.59 Å². The van der Waals surface area contributed by atoms with Gasteiger partial charge in [-0.15, -0.1) is 0 Å². The lowest BCUT2D eigenvalue weighted by molar-refractivity contribution is -0.156. The summed E-state index contributed by atoms with van der Waals surface area (Å²) < 4.78 is 99.0. The van der Waals surface area contributed by atoms with Crippen molar-refractivity contribution in [3.63, 3.8) is 0 Å². The van der Waals surface area contributed by atoms with Gasteiger partial charge in [0.25, 0.3) is 5.91 Å². The molecule has 33 heavy (non-hydrogen) atoms. The molecule has 1 amide bonds. The minimum atomic E-state index is -4.75. The number of piperazine rings is 1. The summed E-state index contributed by atoms with van der Waals surface area (Å²) in [5, 5.41) is 5.62. The molecule has 2 aromatic carbocycles. The highest BCUT2D eigenvalue weighted by molar-refractivity contribution is 6.01.